The maximum Gasteiger partial charge on any atom is 0.414 e. The van der Waals surface area contributed by atoms with E-state index in [2.05, 4.69) is 5.10 Å². The fraction of sp³-hybridized carbons (Fsp3) is 0.500. The van der Waals surface area contributed by atoms with E-state index in [1.54, 1.807) is 4.90 Å². The second-order valence-electron chi connectivity index (χ2n) is 8.16. The monoisotopic (exact) mass is 396 g/mol. The molecule has 0 radical (unpaired) electrons. The lowest BCUT2D eigenvalue weighted by molar-refractivity contribution is -0.120. The second-order valence-corrected chi connectivity index (χ2v) is 8.16. The average Bonchev–Trinajstić information content (AvgIpc) is 3.43. The van der Waals surface area contributed by atoms with E-state index in [0.717, 1.165) is 36.2 Å². The molecule has 7 nitrogen and oxygen atoms in total. The normalized spacial score (nSPS) is 18.7. The van der Waals surface area contributed by atoms with Crippen molar-refractivity contribution < 1.29 is 14.3 Å². The van der Waals surface area contributed by atoms with Gasteiger partial charge < -0.3 is 9.64 Å². The summed E-state index contributed by atoms with van der Waals surface area (Å²) in [7, 11) is 0. The van der Waals surface area contributed by atoms with Gasteiger partial charge in [-0.25, -0.2) is 4.79 Å². The molecule has 0 unspecified atom stereocenters. The maximum atomic E-state index is 13.0. The highest BCUT2D eigenvalue weighted by Gasteiger charge is 2.41. The molecule has 1 saturated carbocycles. The summed E-state index contributed by atoms with van der Waals surface area (Å²) in [5, 5.41) is 4.35. The molecule has 29 heavy (non-hydrogen) atoms. The fourth-order valence-electron chi connectivity index (χ4n) is 3.79. The van der Waals surface area contributed by atoms with E-state index >= 15 is 0 Å². The molecule has 0 N–H and O–H groups in total. The summed E-state index contributed by atoms with van der Waals surface area (Å²) in [5.74, 6) is 0.268. The van der Waals surface area contributed by atoms with E-state index in [1.165, 1.54) is 0 Å². The number of carbonyl (C=O) groups excluding carboxylic acids is 2. The number of nitrogens with zero attached hydrogens (tertiary/aromatic N) is 4. The molecule has 2 aromatic rings. The number of amides is 2. The number of anilines is 2. The van der Waals surface area contributed by atoms with Crippen LogP contribution in [0.2, 0.25) is 0 Å². The number of fused-ring (bicyclic) bond motifs is 1. The van der Waals surface area contributed by atoms with Crippen LogP contribution in [0, 0.1) is 5.92 Å². The first-order valence-corrected chi connectivity index (χ1v) is 10.4. The van der Waals surface area contributed by atoms with Gasteiger partial charge in [-0.15, -0.1) is 0 Å². The van der Waals surface area contributed by atoms with Crippen LogP contribution in [0.1, 0.15) is 40.5 Å². The van der Waals surface area contributed by atoms with Crippen LogP contribution in [0.3, 0.4) is 0 Å². The van der Waals surface area contributed by atoms with Gasteiger partial charge in [-0.1, -0.05) is 6.07 Å². The number of hydrogen-bond donors (Lipinski definition) is 0. The summed E-state index contributed by atoms with van der Waals surface area (Å²) in [6.45, 7) is 8.90. The molecule has 0 bridgehead atoms. The molecule has 2 heterocycles. The molecule has 1 aliphatic carbocycles. The topological polar surface area (TPSA) is 67.7 Å². The van der Waals surface area contributed by atoms with E-state index < -0.39 is 0 Å². The third-order valence-electron chi connectivity index (χ3n) is 5.42. The van der Waals surface area contributed by atoms with Crippen LogP contribution in [0.5, 0.6) is 0 Å². The van der Waals surface area contributed by atoms with E-state index in [9.17, 15) is 9.59 Å². The number of rotatable bonds is 4. The van der Waals surface area contributed by atoms with Gasteiger partial charge in [0.05, 0.1) is 29.7 Å². The first kappa shape index (κ1) is 19.5. The lowest BCUT2D eigenvalue weighted by Crippen LogP contribution is -2.52. The molecule has 1 aromatic carbocycles. The maximum absolute atomic E-state index is 13.0. The van der Waals surface area contributed by atoms with Crippen molar-refractivity contribution in [2.24, 2.45) is 5.92 Å². The smallest absolute Gasteiger partial charge is 0.414 e. The number of hydrogen-bond acceptors (Lipinski definition) is 4. The molecule has 1 atom stereocenters. The highest BCUT2D eigenvalue weighted by Crippen LogP contribution is 2.42. The van der Waals surface area contributed by atoms with E-state index in [-0.39, 0.29) is 30.1 Å². The zero-order chi connectivity index (χ0) is 20.7. The minimum absolute atomic E-state index is 0.107. The Morgan fingerprint density at radius 2 is 1.97 bits per heavy atom. The van der Waals surface area contributed by atoms with Crippen molar-refractivity contribution in [2.75, 3.05) is 16.3 Å². The predicted octanol–water partition coefficient (Wildman–Crippen LogP) is 4.07. The minimum Gasteiger partial charge on any atom is -0.446 e. The molecular weight excluding hydrogens is 368 g/mol. The Labute approximate surface area is 171 Å². The summed E-state index contributed by atoms with van der Waals surface area (Å²) < 4.78 is 7.35. The second kappa shape index (κ2) is 7.54. The number of ether oxygens (including phenoxy) is 1. The van der Waals surface area contributed by atoms with Crippen molar-refractivity contribution in [3.8, 4) is 11.1 Å². The first-order chi connectivity index (χ1) is 13.9. The molecule has 0 saturated heterocycles. The summed E-state index contributed by atoms with van der Waals surface area (Å²) in [6, 6.07) is 5.79. The molecule has 4 rings (SSSR count). The Kier molecular flexibility index (Phi) is 5.06. The van der Waals surface area contributed by atoms with Gasteiger partial charge in [-0.05, 0) is 58.2 Å². The van der Waals surface area contributed by atoms with E-state index in [1.807, 2.05) is 67.9 Å². The van der Waals surface area contributed by atoms with Crippen molar-refractivity contribution in [3.63, 3.8) is 0 Å². The molecule has 1 aliphatic heterocycles. The Morgan fingerprint density at radius 3 is 2.59 bits per heavy atom. The Hall–Kier alpha value is -2.83. The lowest BCUT2D eigenvalue weighted by Gasteiger charge is -2.41. The standard InChI is InChI=1S/C22H28N4O3/c1-5-24-13-18(11-23-24)17-8-9-19-20(10-17)25(22(28)29-14(2)3)12-15(4)26(19)21(27)16-6-7-16/h8-11,13-16H,5-7,12H2,1-4H3/t15-/m0/s1. The third kappa shape index (κ3) is 3.73. The van der Waals surface area contributed by atoms with Crippen molar-refractivity contribution in [3.05, 3.63) is 30.6 Å². The molecule has 1 fully saturated rings. The summed E-state index contributed by atoms with van der Waals surface area (Å²) in [6.07, 6.45) is 5.11. The summed E-state index contributed by atoms with van der Waals surface area (Å²) >= 11 is 0. The summed E-state index contributed by atoms with van der Waals surface area (Å²) in [5.41, 5.74) is 3.42. The number of carbonyl (C=O) groups is 2. The zero-order valence-electron chi connectivity index (χ0n) is 17.5. The zero-order valence-corrected chi connectivity index (χ0v) is 17.5. The van der Waals surface area contributed by atoms with Crippen LogP contribution >= 0.6 is 0 Å². The van der Waals surface area contributed by atoms with Gasteiger partial charge in [0.1, 0.15) is 0 Å². The molecule has 2 aliphatic rings. The van der Waals surface area contributed by atoms with Crippen LogP contribution in [0.4, 0.5) is 16.2 Å². The van der Waals surface area contributed by atoms with Crippen LogP contribution in [0.15, 0.2) is 30.6 Å². The van der Waals surface area contributed by atoms with Crippen LogP contribution in [-0.2, 0) is 16.1 Å². The molecule has 1 aromatic heterocycles. The highest BCUT2D eigenvalue weighted by molar-refractivity contribution is 6.05. The molecular formula is C22H28N4O3. The van der Waals surface area contributed by atoms with Crippen molar-refractivity contribution in [2.45, 2.75) is 59.2 Å². The minimum atomic E-state index is -0.381. The van der Waals surface area contributed by atoms with Gasteiger partial charge in [0.2, 0.25) is 5.91 Å². The van der Waals surface area contributed by atoms with Crippen LogP contribution in [-0.4, -0.2) is 40.5 Å². The first-order valence-electron chi connectivity index (χ1n) is 10.4. The van der Waals surface area contributed by atoms with Crippen molar-refractivity contribution in [1.29, 1.82) is 0 Å². The Bertz CT molecular complexity index is 932. The predicted molar refractivity (Wildman–Crippen MR) is 112 cm³/mol. The SMILES string of the molecule is CCn1cc(-c2ccc3c(c2)N(C(=O)OC(C)C)C[C@H](C)N3C(=O)C2CC2)cn1. The van der Waals surface area contributed by atoms with Crippen LogP contribution in [0.25, 0.3) is 11.1 Å². The fourth-order valence-corrected chi connectivity index (χ4v) is 3.79. The van der Waals surface area contributed by atoms with Gasteiger partial charge in [0.25, 0.3) is 0 Å². The van der Waals surface area contributed by atoms with Crippen LogP contribution < -0.4 is 9.80 Å². The average molecular weight is 396 g/mol. The Morgan fingerprint density at radius 1 is 1.21 bits per heavy atom. The highest BCUT2D eigenvalue weighted by atomic mass is 16.6. The Balaban J connectivity index is 1.77. The van der Waals surface area contributed by atoms with Gasteiger partial charge in [0, 0.05) is 30.8 Å². The van der Waals surface area contributed by atoms with E-state index in [4.69, 9.17) is 4.74 Å². The number of aromatic nitrogens is 2. The van der Waals surface area contributed by atoms with Gasteiger partial charge in [-0.3, -0.25) is 14.4 Å². The summed E-state index contributed by atoms with van der Waals surface area (Å²) in [4.78, 5) is 29.3. The molecule has 0 spiro atoms. The molecule has 7 heteroatoms. The van der Waals surface area contributed by atoms with Gasteiger partial charge >= 0.3 is 6.09 Å². The van der Waals surface area contributed by atoms with Crippen molar-refractivity contribution >= 4 is 23.4 Å². The van der Waals surface area contributed by atoms with Crippen molar-refractivity contribution in [1.82, 2.24) is 9.78 Å². The molecule has 154 valence electrons. The number of aryl methyl sites for hydroxylation is 1. The molecule has 2 amide bonds. The van der Waals surface area contributed by atoms with Gasteiger partial charge in [-0.2, -0.15) is 5.10 Å². The quantitative estimate of drug-likeness (QED) is 0.781. The third-order valence-corrected chi connectivity index (χ3v) is 5.42. The largest absolute Gasteiger partial charge is 0.446 e. The van der Waals surface area contributed by atoms with E-state index in [0.29, 0.717) is 12.2 Å². The number of benzene rings is 1. The lowest BCUT2D eigenvalue weighted by atomic mass is 10.0. The van der Waals surface area contributed by atoms with Gasteiger partial charge in [0.15, 0.2) is 0 Å².